The van der Waals surface area contributed by atoms with Gasteiger partial charge in [-0.25, -0.2) is 0 Å². The second-order valence-corrected chi connectivity index (χ2v) is 3.45. The Morgan fingerprint density at radius 1 is 1.43 bits per heavy atom. The van der Waals surface area contributed by atoms with Crippen molar-refractivity contribution in [2.24, 2.45) is 5.73 Å². The van der Waals surface area contributed by atoms with Crippen molar-refractivity contribution in [3.63, 3.8) is 0 Å². The molecular formula is C11H19N3. The van der Waals surface area contributed by atoms with Crippen LogP contribution in [0.15, 0.2) is 18.3 Å². The molecule has 0 saturated heterocycles. The molecule has 14 heavy (non-hydrogen) atoms. The zero-order valence-corrected chi connectivity index (χ0v) is 8.79. The third kappa shape index (κ3) is 4.35. The summed E-state index contributed by atoms with van der Waals surface area (Å²) in [7, 11) is 0. The van der Waals surface area contributed by atoms with Crippen molar-refractivity contribution in [1.82, 2.24) is 10.3 Å². The van der Waals surface area contributed by atoms with Crippen LogP contribution in [0.4, 0.5) is 0 Å². The Bertz CT molecular complexity index is 260. The van der Waals surface area contributed by atoms with E-state index in [4.69, 9.17) is 5.73 Å². The second-order valence-electron chi connectivity index (χ2n) is 3.45. The number of hydrogen-bond acceptors (Lipinski definition) is 3. The summed E-state index contributed by atoms with van der Waals surface area (Å²) in [5.74, 6) is 0. The quantitative estimate of drug-likeness (QED) is 0.659. The molecule has 1 aromatic rings. The van der Waals surface area contributed by atoms with Gasteiger partial charge in [-0.05, 0) is 44.0 Å². The summed E-state index contributed by atoms with van der Waals surface area (Å²) in [6.45, 7) is 4.69. The van der Waals surface area contributed by atoms with E-state index in [1.54, 1.807) is 0 Å². The maximum atomic E-state index is 5.37. The molecule has 0 atom stereocenters. The predicted molar refractivity (Wildman–Crippen MR) is 59.2 cm³/mol. The number of rotatable bonds is 6. The fourth-order valence-electron chi connectivity index (χ4n) is 1.40. The molecule has 3 nitrogen and oxygen atoms in total. The highest BCUT2D eigenvalue weighted by Gasteiger charge is 1.93. The molecule has 0 radical (unpaired) electrons. The Morgan fingerprint density at radius 3 is 3.00 bits per heavy atom. The Hall–Kier alpha value is -0.930. The van der Waals surface area contributed by atoms with Crippen LogP contribution in [0.25, 0.3) is 0 Å². The van der Waals surface area contributed by atoms with E-state index in [0.717, 1.165) is 31.6 Å². The number of nitrogens with two attached hydrogens (primary N) is 1. The monoisotopic (exact) mass is 193 g/mol. The van der Waals surface area contributed by atoms with E-state index in [0.29, 0.717) is 6.54 Å². The number of hydrogen-bond donors (Lipinski definition) is 2. The van der Waals surface area contributed by atoms with Gasteiger partial charge in [0.1, 0.15) is 0 Å². The van der Waals surface area contributed by atoms with Gasteiger partial charge in [0.05, 0.1) is 0 Å². The third-order valence-electron chi connectivity index (χ3n) is 2.10. The first-order valence-corrected chi connectivity index (χ1v) is 5.15. The van der Waals surface area contributed by atoms with Gasteiger partial charge in [-0.1, -0.05) is 0 Å². The molecule has 1 aromatic heterocycles. The minimum Gasteiger partial charge on any atom is -0.329 e. The zero-order valence-electron chi connectivity index (χ0n) is 8.79. The normalized spacial score (nSPS) is 10.4. The largest absolute Gasteiger partial charge is 0.329 e. The highest BCUT2D eigenvalue weighted by molar-refractivity contribution is 5.15. The zero-order chi connectivity index (χ0) is 10.2. The van der Waals surface area contributed by atoms with Gasteiger partial charge in [0.25, 0.3) is 0 Å². The van der Waals surface area contributed by atoms with E-state index in [-0.39, 0.29) is 0 Å². The van der Waals surface area contributed by atoms with Gasteiger partial charge >= 0.3 is 0 Å². The predicted octanol–water partition coefficient (Wildman–Crippen LogP) is 0.871. The molecule has 0 unspecified atom stereocenters. The van der Waals surface area contributed by atoms with Crippen LogP contribution in [0.1, 0.15) is 17.7 Å². The maximum Gasteiger partial charge on any atom is 0.0375 e. The van der Waals surface area contributed by atoms with Gasteiger partial charge < -0.3 is 11.1 Å². The molecule has 3 N–H and O–H groups in total. The average Bonchev–Trinajstić information content (AvgIpc) is 2.18. The summed E-state index contributed by atoms with van der Waals surface area (Å²) in [6.07, 6.45) is 4.14. The van der Waals surface area contributed by atoms with Gasteiger partial charge in [0.15, 0.2) is 0 Å². The van der Waals surface area contributed by atoms with Crippen molar-refractivity contribution < 1.29 is 0 Å². The molecule has 0 amide bonds. The van der Waals surface area contributed by atoms with Crippen molar-refractivity contribution in [2.75, 3.05) is 19.6 Å². The highest BCUT2D eigenvalue weighted by Crippen LogP contribution is 2.03. The van der Waals surface area contributed by atoms with E-state index >= 15 is 0 Å². The van der Waals surface area contributed by atoms with Crippen LogP contribution < -0.4 is 11.1 Å². The molecule has 0 spiro atoms. The fourth-order valence-corrected chi connectivity index (χ4v) is 1.40. The summed E-state index contributed by atoms with van der Waals surface area (Å²) in [6, 6.07) is 4.22. The average molecular weight is 193 g/mol. The molecule has 0 saturated carbocycles. The van der Waals surface area contributed by atoms with Crippen LogP contribution in [0.5, 0.6) is 0 Å². The first-order valence-electron chi connectivity index (χ1n) is 5.15. The van der Waals surface area contributed by atoms with Crippen LogP contribution in [-0.2, 0) is 6.42 Å². The molecule has 0 aromatic carbocycles. The second kappa shape index (κ2) is 6.51. The molecule has 0 bridgehead atoms. The molecule has 0 aliphatic rings. The topological polar surface area (TPSA) is 50.9 Å². The van der Waals surface area contributed by atoms with Crippen LogP contribution in [0, 0.1) is 6.92 Å². The van der Waals surface area contributed by atoms with Crippen molar-refractivity contribution in [3.05, 3.63) is 29.6 Å². The maximum absolute atomic E-state index is 5.37. The lowest BCUT2D eigenvalue weighted by atomic mass is 10.1. The van der Waals surface area contributed by atoms with Gasteiger partial charge in [-0.3, -0.25) is 4.98 Å². The van der Waals surface area contributed by atoms with Gasteiger partial charge in [0.2, 0.25) is 0 Å². The minimum absolute atomic E-state index is 0.717. The van der Waals surface area contributed by atoms with Crippen molar-refractivity contribution in [2.45, 2.75) is 19.8 Å². The number of nitrogens with zero attached hydrogens (tertiary/aromatic N) is 1. The number of pyridine rings is 1. The van der Waals surface area contributed by atoms with Crippen LogP contribution in [0.3, 0.4) is 0 Å². The van der Waals surface area contributed by atoms with Crippen LogP contribution >= 0.6 is 0 Å². The number of aryl methyl sites for hydroxylation is 2. The Labute approximate surface area is 85.7 Å². The summed E-state index contributed by atoms with van der Waals surface area (Å²) >= 11 is 0. The lowest BCUT2D eigenvalue weighted by Crippen LogP contribution is -2.23. The van der Waals surface area contributed by atoms with Gasteiger partial charge in [-0.15, -0.1) is 0 Å². The standard InChI is InChI=1S/C11H19N3/c1-10-9-11(4-7-14-10)3-2-6-13-8-5-12/h4,7,9,13H,2-3,5-6,8,12H2,1H3. The number of nitrogens with one attached hydrogen (secondary N) is 1. The fraction of sp³-hybridized carbons (Fsp3) is 0.545. The summed E-state index contributed by atoms with van der Waals surface area (Å²) in [4.78, 5) is 4.17. The van der Waals surface area contributed by atoms with Gasteiger partial charge in [0, 0.05) is 25.0 Å². The Morgan fingerprint density at radius 2 is 2.29 bits per heavy atom. The third-order valence-corrected chi connectivity index (χ3v) is 2.10. The summed E-state index contributed by atoms with van der Waals surface area (Å²) in [5.41, 5.74) is 7.83. The van der Waals surface area contributed by atoms with E-state index < -0.39 is 0 Å². The van der Waals surface area contributed by atoms with E-state index in [9.17, 15) is 0 Å². The summed E-state index contributed by atoms with van der Waals surface area (Å²) in [5, 5.41) is 3.28. The number of aromatic nitrogens is 1. The SMILES string of the molecule is Cc1cc(CCCNCCN)ccn1. The lowest BCUT2D eigenvalue weighted by molar-refractivity contribution is 0.653. The molecule has 3 heteroatoms. The molecule has 78 valence electrons. The molecule has 0 fully saturated rings. The Balaban J connectivity index is 2.18. The Kier molecular flexibility index (Phi) is 5.19. The molecular weight excluding hydrogens is 174 g/mol. The van der Waals surface area contributed by atoms with Crippen LogP contribution in [-0.4, -0.2) is 24.6 Å². The molecule has 1 rings (SSSR count). The summed E-state index contributed by atoms with van der Waals surface area (Å²) < 4.78 is 0. The van der Waals surface area contributed by atoms with Crippen molar-refractivity contribution in [3.8, 4) is 0 Å². The van der Waals surface area contributed by atoms with Crippen molar-refractivity contribution >= 4 is 0 Å². The van der Waals surface area contributed by atoms with Crippen molar-refractivity contribution in [1.29, 1.82) is 0 Å². The lowest BCUT2D eigenvalue weighted by Gasteiger charge is -2.03. The van der Waals surface area contributed by atoms with E-state index in [1.807, 2.05) is 13.1 Å². The molecule has 0 aliphatic carbocycles. The van der Waals surface area contributed by atoms with E-state index in [2.05, 4.69) is 22.4 Å². The van der Waals surface area contributed by atoms with Crippen LogP contribution in [0.2, 0.25) is 0 Å². The van der Waals surface area contributed by atoms with E-state index in [1.165, 1.54) is 5.56 Å². The highest BCUT2D eigenvalue weighted by atomic mass is 14.9. The smallest absolute Gasteiger partial charge is 0.0375 e. The molecule has 0 aliphatic heterocycles. The first-order chi connectivity index (χ1) is 6.83. The first kappa shape index (κ1) is 11.1. The van der Waals surface area contributed by atoms with Gasteiger partial charge in [-0.2, -0.15) is 0 Å². The minimum atomic E-state index is 0.717. The molecule has 1 heterocycles.